The summed E-state index contributed by atoms with van der Waals surface area (Å²) in [5.74, 6) is 0. The smallest absolute Gasteiger partial charge is 0.763 e. The molecule has 0 spiro atoms. The van der Waals surface area contributed by atoms with Gasteiger partial charge in [0.2, 0.25) is 0 Å². The van der Waals surface area contributed by atoms with E-state index in [-0.39, 0.29) is 27.7 Å². The molecular formula is Br2HgO4S2. The van der Waals surface area contributed by atoms with E-state index in [1.54, 1.807) is 0 Å². The molecule has 4 nitrogen and oxygen atoms in total. The molecule has 0 aromatic heterocycles. The van der Waals surface area contributed by atoms with Crippen molar-refractivity contribution in [1.82, 2.24) is 0 Å². The van der Waals surface area contributed by atoms with Crippen LogP contribution in [0.3, 0.4) is 0 Å². The molecule has 0 bridgehead atoms. The Bertz CT molecular complexity index is 74.6. The topological polar surface area (TPSA) is 80.3 Å². The maximum atomic E-state index is 8.92. The molecule has 0 aliphatic carbocycles. The van der Waals surface area contributed by atoms with Crippen LogP contribution in [0.4, 0.5) is 0 Å². The van der Waals surface area contributed by atoms with Crippen LogP contribution in [-0.2, 0) is 46.7 Å². The monoisotopic (exact) mass is 488 g/mol. The summed E-state index contributed by atoms with van der Waals surface area (Å²) in [7, 11) is -4.10. The molecule has 2 unspecified atom stereocenters. The van der Waals surface area contributed by atoms with Crippen molar-refractivity contribution in [2.24, 2.45) is 0 Å². The predicted octanol–water partition coefficient (Wildman–Crippen LogP) is 0.348. The van der Waals surface area contributed by atoms with Gasteiger partial charge < -0.3 is 9.11 Å². The van der Waals surface area contributed by atoms with Gasteiger partial charge in [-0.1, -0.05) is 0 Å². The van der Waals surface area contributed by atoms with Crippen molar-refractivity contribution < 1.29 is 45.2 Å². The summed E-state index contributed by atoms with van der Waals surface area (Å²) >= 11 is 4.38. The van der Waals surface area contributed by atoms with Crippen molar-refractivity contribution in [1.29, 1.82) is 0 Å². The zero-order valence-electron chi connectivity index (χ0n) is 3.91. The Morgan fingerprint density at radius 3 is 1.00 bits per heavy atom. The van der Waals surface area contributed by atoms with E-state index >= 15 is 0 Å². The number of halogens is 2. The van der Waals surface area contributed by atoms with Crippen LogP contribution in [0.2, 0.25) is 0 Å². The first-order valence-electron chi connectivity index (χ1n) is 0.975. The van der Waals surface area contributed by atoms with Gasteiger partial charge in [-0.05, 0) is 0 Å². The van der Waals surface area contributed by atoms with Crippen LogP contribution in [0.15, 0.2) is 0 Å². The van der Waals surface area contributed by atoms with Gasteiger partial charge in [-0.2, -0.15) is 0 Å². The van der Waals surface area contributed by atoms with E-state index in [1.165, 1.54) is 0 Å². The summed E-state index contributed by atoms with van der Waals surface area (Å²) in [6.07, 6.45) is 0. The molecule has 0 amide bonds. The number of hydrogen-bond acceptors (Lipinski definition) is 4. The van der Waals surface area contributed by atoms with E-state index in [4.69, 9.17) is 17.5 Å². The maximum absolute atomic E-state index is 8.92. The summed E-state index contributed by atoms with van der Waals surface area (Å²) < 4.78 is 35.7. The summed E-state index contributed by atoms with van der Waals surface area (Å²) in [6.45, 7) is 0. The van der Waals surface area contributed by atoms with Crippen molar-refractivity contribution in [2.75, 3.05) is 0 Å². The Morgan fingerprint density at radius 1 is 1.00 bits per heavy atom. The zero-order chi connectivity index (χ0) is 7.15. The summed E-state index contributed by atoms with van der Waals surface area (Å²) in [5, 5.41) is 0. The van der Waals surface area contributed by atoms with Crippen LogP contribution in [0, 0.1) is 0 Å². The molecule has 2 atom stereocenters. The number of rotatable bonds is 0. The average Bonchev–Trinajstić information content (AvgIpc) is 1.25. The molecule has 0 aliphatic heterocycles. The fourth-order valence-electron chi connectivity index (χ4n) is 0. The zero-order valence-corrected chi connectivity index (χ0v) is 14.2. The molecule has 0 rings (SSSR count). The minimum absolute atomic E-state index is 0. The Kier molecular flexibility index (Phi) is 24.5. The van der Waals surface area contributed by atoms with E-state index in [2.05, 4.69) is 29.6 Å². The maximum Gasteiger partial charge on any atom is 2.00 e. The Balaban J connectivity index is -0.0000000720. The van der Waals surface area contributed by atoms with E-state index in [0.29, 0.717) is 0 Å². The molecule has 0 saturated carbocycles. The average molecular weight is 489 g/mol. The number of hydrogen-bond donors (Lipinski definition) is 0. The third-order valence-corrected chi connectivity index (χ3v) is 0. The van der Waals surface area contributed by atoms with Crippen LogP contribution in [0.1, 0.15) is 0 Å². The molecule has 0 heterocycles. The Labute approximate surface area is 92.7 Å². The van der Waals surface area contributed by atoms with Gasteiger partial charge >= 0.3 is 27.7 Å². The van der Waals surface area contributed by atoms with Crippen LogP contribution < -0.4 is 0 Å². The van der Waals surface area contributed by atoms with Gasteiger partial charge in [0, 0.05) is 48.7 Å². The SMILES string of the molecule is O=S([O-])Br.O=S([O-])Br.[Hg+2]. The first-order valence-corrected chi connectivity index (χ1v) is 6.81. The first-order chi connectivity index (χ1) is 3.46. The largest absolute Gasteiger partial charge is 2.00 e. The molecule has 9 heteroatoms. The van der Waals surface area contributed by atoms with Gasteiger partial charge in [0.05, 0.1) is 0 Å². The fourth-order valence-corrected chi connectivity index (χ4v) is 0. The van der Waals surface area contributed by atoms with Crippen LogP contribution in [0.25, 0.3) is 0 Å². The van der Waals surface area contributed by atoms with Gasteiger partial charge in [-0.25, -0.2) is 0 Å². The van der Waals surface area contributed by atoms with Crippen molar-refractivity contribution in [3.05, 3.63) is 0 Å². The molecule has 0 aromatic carbocycles. The minimum Gasteiger partial charge on any atom is -0.763 e. The molecule has 0 radical (unpaired) electrons. The van der Waals surface area contributed by atoms with E-state index in [0.717, 1.165) is 0 Å². The van der Waals surface area contributed by atoms with Gasteiger partial charge in [0.15, 0.2) is 0 Å². The molecule has 9 heavy (non-hydrogen) atoms. The normalized spacial score (nSPS) is 13.8. The van der Waals surface area contributed by atoms with Gasteiger partial charge in [0.25, 0.3) is 0 Å². The van der Waals surface area contributed by atoms with Crippen LogP contribution in [0.5, 0.6) is 0 Å². The molecule has 0 N–H and O–H groups in total. The van der Waals surface area contributed by atoms with Gasteiger partial charge in [-0.15, -0.1) is 0 Å². The summed E-state index contributed by atoms with van der Waals surface area (Å²) in [5.41, 5.74) is 0. The summed E-state index contributed by atoms with van der Waals surface area (Å²) in [6, 6.07) is 0. The molecule has 52 valence electrons. The standard InChI is InChI=1S/2BrHO2S.Hg/c2*1-4(2)3;/h2*(H,2,3);/q;;+2/p-2. The molecular weight excluding hydrogens is 489 g/mol. The summed E-state index contributed by atoms with van der Waals surface area (Å²) in [4.78, 5) is 0. The van der Waals surface area contributed by atoms with E-state index < -0.39 is 19.0 Å². The van der Waals surface area contributed by atoms with Gasteiger partial charge in [-0.3, -0.25) is 8.42 Å². The van der Waals surface area contributed by atoms with Crippen molar-refractivity contribution in [3.63, 3.8) is 0 Å². The first kappa shape index (κ1) is 17.3. The second-order valence-corrected chi connectivity index (χ2v) is 4.34. The van der Waals surface area contributed by atoms with E-state index in [9.17, 15) is 0 Å². The van der Waals surface area contributed by atoms with Crippen LogP contribution in [-0.4, -0.2) is 17.5 Å². The predicted molar refractivity (Wildman–Crippen MR) is 35.7 cm³/mol. The van der Waals surface area contributed by atoms with Gasteiger partial charge in [0.1, 0.15) is 0 Å². The molecule has 0 saturated heterocycles. The van der Waals surface area contributed by atoms with Crippen LogP contribution >= 0.6 is 29.6 Å². The minimum atomic E-state index is -2.05. The quantitative estimate of drug-likeness (QED) is 0.280. The van der Waals surface area contributed by atoms with Crippen molar-refractivity contribution in [2.45, 2.75) is 0 Å². The molecule has 0 aromatic rings. The van der Waals surface area contributed by atoms with Crippen molar-refractivity contribution in [3.8, 4) is 0 Å². The third kappa shape index (κ3) is 149. The Hall–Kier alpha value is 2.12. The fraction of sp³-hybridized carbons (Fsp3) is 0. The molecule has 0 fully saturated rings. The third-order valence-electron chi connectivity index (χ3n) is 0. The Morgan fingerprint density at radius 2 is 1.00 bits per heavy atom. The van der Waals surface area contributed by atoms with E-state index in [1.807, 2.05) is 0 Å². The second kappa shape index (κ2) is 12.8. The van der Waals surface area contributed by atoms with Crippen molar-refractivity contribution >= 4 is 48.7 Å². The second-order valence-electron chi connectivity index (χ2n) is 0.388. The molecule has 0 aliphatic rings.